The number of benzene rings is 1. The van der Waals surface area contributed by atoms with Crippen LogP contribution in [0.5, 0.6) is 0 Å². The third-order valence-corrected chi connectivity index (χ3v) is 2.51. The highest BCUT2D eigenvalue weighted by molar-refractivity contribution is 6.42. The molecule has 0 aliphatic heterocycles. The Morgan fingerprint density at radius 3 is 2.42 bits per heavy atom. The monoisotopic (exact) mass is 204 g/mol. The molecule has 12 heavy (non-hydrogen) atoms. The average Bonchev–Trinajstić information content (AvgIpc) is 2.08. The summed E-state index contributed by atoms with van der Waals surface area (Å²) in [4.78, 5) is 0. The maximum atomic E-state index is 5.83. The second kappa shape index (κ2) is 4.13. The van der Waals surface area contributed by atoms with E-state index in [4.69, 9.17) is 27.9 Å². The van der Waals surface area contributed by atoms with Crippen LogP contribution >= 0.6 is 23.2 Å². The van der Waals surface area contributed by atoms with Crippen molar-refractivity contribution >= 4 is 23.2 Å². The summed E-state index contributed by atoms with van der Waals surface area (Å²) in [7, 11) is 1.66. The Bertz CT molecular complexity index is 273. The van der Waals surface area contributed by atoms with Crippen LogP contribution in [0, 0.1) is 0 Å². The quantitative estimate of drug-likeness (QED) is 0.715. The second-order valence-corrected chi connectivity index (χ2v) is 3.37. The molecule has 0 saturated heterocycles. The van der Waals surface area contributed by atoms with Gasteiger partial charge in [0.15, 0.2) is 0 Å². The highest BCUT2D eigenvalue weighted by Crippen LogP contribution is 2.26. The fourth-order valence-corrected chi connectivity index (χ4v) is 1.21. The lowest BCUT2D eigenvalue weighted by molar-refractivity contribution is 0.119. The van der Waals surface area contributed by atoms with E-state index in [9.17, 15) is 0 Å². The highest BCUT2D eigenvalue weighted by atomic mass is 35.5. The van der Waals surface area contributed by atoms with Gasteiger partial charge in [-0.25, -0.2) is 0 Å². The largest absolute Gasteiger partial charge is 0.377 e. The summed E-state index contributed by atoms with van der Waals surface area (Å²) < 4.78 is 5.13. The van der Waals surface area contributed by atoms with Crippen LogP contribution in [0.15, 0.2) is 18.2 Å². The van der Waals surface area contributed by atoms with Crippen molar-refractivity contribution in [2.45, 2.75) is 13.0 Å². The minimum absolute atomic E-state index is 0.0553. The zero-order valence-electron chi connectivity index (χ0n) is 6.97. The Balaban J connectivity index is 2.96. The van der Waals surface area contributed by atoms with E-state index in [1.165, 1.54) is 0 Å². The lowest BCUT2D eigenvalue weighted by Gasteiger charge is -2.09. The predicted octanol–water partition coefficient (Wildman–Crippen LogP) is 3.70. The number of methoxy groups -OCH3 is 1. The van der Waals surface area contributed by atoms with Gasteiger partial charge < -0.3 is 4.74 Å². The summed E-state index contributed by atoms with van der Waals surface area (Å²) >= 11 is 11.6. The van der Waals surface area contributed by atoms with E-state index in [0.717, 1.165) is 5.56 Å². The Morgan fingerprint density at radius 1 is 1.25 bits per heavy atom. The van der Waals surface area contributed by atoms with E-state index in [1.807, 2.05) is 19.1 Å². The number of rotatable bonds is 2. The molecule has 1 rings (SSSR count). The summed E-state index contributed by atoms with van der Waals surface area (Å²) in [5, 5.41) is 1.14. The van der Waals surface area contributed by atoms with Crippen LogP contribution in [0.3, 0.4) is 0 Å². The van der Waals surface area contributed by atoms with Crippen LogP contribution in [0.4, 0.5) is 0 Å². The van der Waals surface area contributed by atoms with Gasteiger partial charge in [-0.1, -0.05) is 29.3 Å². The van der Waals surface area contributed by atoms with Crippen molar-refractivity contribution < 1.29 is 4.74 Å². The van der Waals surface area contributed by atoms with Gasteiger partial charge in [-0.05, 0) is 24.6 Å². The summed E-state index contributed by atoms with van der Waals surface area (Å²) in [6, 6.07) is 5.50. The third kappa shape index (κ3) is 2.13. The fraction of sp³-hybridized carbons (Fsp3) is 0.333. The van der Waals surface area contributed by atoms with E-state index in [2.05, 4.69) is 0 Å². The molecular weight excluding hydrogens is 195 g/mol. The zero-order chi connectivity index (χ0) is 9.14. The molecule has 0 radical (unpaired) electrons. The van der Waals surface area contributed by atoms with Crippen molar-refractivity contribution in [2.75, 3.05) is 7.11 Å². The lowest BCUT2D eigenvalue weighted by Crippen LogP contribution is -1.94. The molecular formula is C9H10Cl2O. The van der Waals surface area contributed by atoms with Gasteiger partial charge in [0.05, 0.1) is 16.1 Å². The van der Waals surface area contributed by atoms with Gasteiger partial charge >= 0.3 is 0 Å². The Hall–Kier alpha value is -0.240. The van der Waals surface area contributed by atoms with Crippen LogP contribution in [0.25, 0.3) is 0 Å². The first-order valence-corrected chi connectivity index (χ1v) is 4.38. The first kappa shape index (κ1) is 9.85. The van der Waals surface area contributed by atoms with Crippen molar-refractivity contribution in [3.05, 3.63) is 33.8 Å². The highest BCUT2D eigenvalue weighted by Gasteiger charge is 2.05. The van der Waals surface area contributed by atoms with E-state index in [0.29, 0.717) is 10.0 Å². The number of halogens is 2. The normalized spacial score (nSPS) is 13.0. The van der Waals surface area contributed by atoms with Gasteiger partial charge in [-0.3, -0.25) is 0 Å². The topological polar surface area (TPSA) is 9.23 Å². The molecule has 0 saturated carbocycles. The fourth-order valence-electron chi connectivity index (χ4n) is 0.901. The summed E-state index contributed by atoms with van der Waals surface area (Å²) in [6.07, 6.45) is 0.0553. The lowest BCUT2D eigenvalue weighted by atomic mass is 10.1. The molecule has 0 N–H and O–H groups in total. The van der Waals surface area contributed by atoms with Crippen molar-refractivity contribution in [2.24, 2.45) is 0 Å². The second-order valence-electron chi connectivity index (χ2n) is 2.55. The number of ether oxygens (including phenoxy) is 1. The molecule has 0 heterocycles. The molecule has 1 nitrogen and oxygen atoms in total. The van der Waals surface area contributed by atoms with Crippen LogP contribution in [-0.2, 0) is 4.74 Å². The molecule has 0 aliphatic rings. The molecule has 1 unspecified atom stereocenters. The van der Waals surface area contributed by atoms with Gasteiger partial charge in [-0.15, -0.1) is 0 Å². The molecule has 0 aromatic heterocycles. The smallest absolute Gasteiger partial charge is 0.0793 e. The first-order valence-electron chi connectivity index (χ1n) is 3.63. The van der Waals surface area contributed by atoms with Crippen molar-refractivity contribution in [3.8, 4) is 0 Å². The summed E-state index contributed by atoms with van der Waals surface area (Å²) in [5.41, 5.74) is 1.03. The van der Waals surface area contributed by atoms with Gasteiger partial charge in [-0.2, -0.15) is 0 Å². The van der Waals surface area contributed by atoms with Gasteiger partial charge in [0, 0.05) is 7.11 Å². The summed E-state index contributed by atoms with van der Waals surface area (Å²) in [6.45, 7) is 1.96. The Labute approximate surface area is 82.2 Å². The maximum absolute atomic E-state index is 5.83. The minimum atomic E-state index is 0.0553. The predicted molar refractivity (Wildman–Crippen MR) is 51.9 cm³/mol. The van der Waals surface area contributed by atoms with Gasteiger partial charge in [0.25, 0.3) is 0 Å². The molecule has 0 amide bonds. The van der Waals surface area contributed by atoms with E-state index < -0.39 is 0 Å². The molecule has 0 spiro atoms. The minimum Gasteiger partial charge on any atom is -0.377 e. The van der Waals surface area contributed by atoms with Crippen molar-refractivity contribution in [3.63, 3.8) is 0 Å². The molecule has 1 aromatic carbocycles. The number of hydrogen-bond donors (Lipinski definition) is 0. The zero-order valence-corrected chi connectivity index (χ0v) is 8.49. The molecule has 0 aliphatic carbocycles. The Morgan fingerprint density at radius 2 is 1.92 bits per heavy atom. The average molecular weight is 205 g/mol. The number of hydrogen-bond acceptors (Lipinski definition) is 1. The molecule has 3 heteroatoms. The third-order valence-electron chi connectivity index (χ3n) is 1.77. The molecule has 1 atom stereocenters. The standard InChI is InChI=1S/C9H10Cl2O/c1-6(12-2)7-3-4-8(10)9(11)5-7/h3-6H,1-2H3. The molecule has 1 aromatic rings. The molecule has 0 fully saturated rings. The van der Waals surface area contributed by atoms with Crippen molar-refractivity contribution in [1.29, 1.82) is 0 Å². The molecule has 66 valence electrons. The van der Waals surface area contributed by atoms with E-state index in [-0.39, 0.29) is 6.10 Å². The maximum Gasteiger partial charge on any atom is 0.0793 e. The van der Waals surface area contributed by atoms with E-state index in [1.54, 1.807) is 13.2 Å². The summed E-state index contributed by atoms with van der Waals surface area (Å²) in [5.74, 6) is 0. The Kier molecular flexibility index (Phi) is 3.39. The van der Waals surface area contributed by atoms with E-state index >= 15 is 0 Å². The van der Waals surface area contributed by atoms with Crippen molar-refractivity contribution in [1.82, 2.24) is 0 Å². The van der Waals surface area contributed by atoms with Crippen LogP contribution in [0.2, 0.25) is 10.0 Å². The SMILES string of the molecule is COC(C)c1ccc(Cl)c(Cl)c1. The van der Waals surface area contributed by atoms with Crippen LogP contribution < -0.4 is 0 Å². The molecule has 0 bridgehead atoms. The van der Waals surface area contributed by atoms with Gasteiger partial charge in [0.2, 0.25) is 0 Å². The van der Waals surface area contributed by atoms with Crippen LogP contribution in [0.1, 0.15) is 18.6 Å². The van der Waals surface area contributed by atoms with Gasteiger partial charge in [0.1, 0.15) is 0 Å². The van der Waals surface area contributed by atoms with Crippen LogP contribution in [-0.4, -0.2) is 7.11 Å². The first-order chi connectivity index (χ1) is 5.65.